The fraction of sp³-hybridized carbons (Fsp3) is 0.800. The van der Waals surface area contributed by atoms with Gasteiger partial charge in [0, 0.05) is 6.42 Å². The SMILES string of the molecule is CCCCC/C=C\C/C=C\CCCCCCCCCCCC(=O)NC(COP(=O)([O-])OCC[N+](C)(C)C)C(O)/C=C/CC/C=C/CC/C=C/CCCCCCCCCCCCCCC. The highest BCUT2D eigenvalue weighted by molar-refractivity contribution is 7.45. The second kappa shape index (κ2) is 46.3. The number of aliphatic hydroxyl groups is 1. The number of hydrogen-bond acceptors (Lipinski definition) is 6. The van der Waals surface area contributed by atoms with Crippen molar-refractivity contribution in [2.75, 3.05) is 40.9 Å². The Labute approximate surface area is 396 Å². The second-order valence-corrected chi connectivity index (χ2v) is 20.6. The molecule has 0 fully saturated rings. The number of likely N-dealkylation sites (N-methyl/N-ethyl adjacent to an activating group) is 1. The summed E-state index contributed by atoms with van der Waals surface area (Å²) in [5.74, 6) is -0.217. The fourth-order valence-corrected chi connectivity index (χ4v) is 8.17. The Bertz CT molecular complexity index is 1230. The minimum absolute atomic E-state index is 0.0117. The lowest BCUT2D eigenvalue weighted by Crippen LogP contribution is -2.45. The number of nitrogens with zero attached hydrogens (tertiary/aromatic N) is 1. The minimum atomic E-state index is -4.61. The van der Waals surface area contributed by atoms with Gasteiger partial charge in [-0.15, -0.1) is 0 Å². The summed E-state index contributed by atoms with van der Waals surface area (Å²) in [5, 5.41) is 13.8. The van der Waals surface area contributed by atoms with Crippen LogP contribution in [0.3, 0.4) is 0 Å². The summed E-state index contributed by atoms with van der Waals surface area (Å²) in [6.07, 6.45) is 61.4. The van der Waals surface area contributed by atoms with Crippen molar-refractivity contribution in [1.82, 2.24) is 5.32 Å². The quantitative estimate of drug-likeness (QED) is 0.0272. The predicted molar refractivity (Wildman–Crippen MR) is 274 cm³/mol. The van der Waals surface area contributed by atoms with E-state index < -0.39 is 26.6 Å². The molecule has 2 N–H and O–H groups in total. The molecule has 0 rings (SSSR count). The highest BCUT2D eigenvalue weighted by Crippen LogP contribution is 2.38. The van der Waals surface area contributed by atoms with Gasteiger partial charge in [-0.25, -0.2) is 0 Å². The van der Waals surface area contributed by atoms with E-state index >= 15 is 0 Å². The number of unbranched alkanes of at least 4 members (excludes halogenated alkanes) is 27. The van der Waals surface area contributed by atoms with Gasteiger partial charge in [0.25, 0.3) is 7.82 Å². The van der Waals surface area contributed by atoms with E-state index in [0.29, 0.717) is 17.4 Å². The van der Waals surface area contributed by atoms with Crippen molar-refractivity contribution >= 4 is 13.7 Å². The van der Waals surface area contributed by atoms with Crippen LogP contribution in [-0.4, -0.2) is 68.5 Å². The molecule has 0 saturated carbocycles. The molecule has 64 heavy (non-hydrogen) atoms. The Morgan fingerprint density at radius 2 is 0.922 bits per heavy atom. The van der Waals surface area contributed by atoms with Crippen molar-refractivity contribution in [1.29, 1.82) is 0 Å². The lowest BCUT2D eigenvalue weighted by atomic mass is 10.0. The monoisotopic (exact) mass is 919 g/mol. The summed E-state index contributed by atoms with van der Waals surface area (Å²) >= 11 is 0. The van der Waals surface area contributed by atoms with Crippen molar-refractivity contribution in [2.45, 2.75) is 244 Å². The van der Waals surface area contributed by atoms with E-state index in [4.69, 9.17) is 9.05 Å². The predicted octanol–water partition coefficient (Wildman–Crippen LogP) is 15.1. The molecule has 0 aliphatic heterocycles. The third-order valence-electron chi connectivity index (χ3n) is 11.7. The maximum atomic E-state index is 12.9. The topological polar surface area (TPSA) is 108 Å². The largest absolute Gasteiger partial charge is 0.756 e. The van der Waals surface area contributed by atoms with Crippen molar-refractivity contribution in [3.63, 3.8) is 0 Å². The van der Waals surface area contributed by atoms with Gasteiger partial charge in [0.1, 0.15) is 13.2 Å². The Morgan fingerprint density at radius 1 is 0.547 bits per heavy atom. The molecule has 374 valence electrons. The third-order valence-corrected chi connectivity index (χ3v) is 12.6. The zero-order valence-corrected chi connectivity index (χ0v) is 43.4. The first-order valence-corrected chi connectivity index (χ1v) is 28.1. The van der Waals surface area contributed by atoms with Gasteiger partial charge >= 0.3 is 0 Å². The van der Waals surface area contributed by atoms with Gasteiger partial charge in [-0.3, -0.25) is 9.36 Å². The van der Waals surface area contributed by atoms with E-state index in [0.717, 1.165) is 51.4 Å². The van der Waals surface area contributed by atoms with Gasteiger partial charge in [-0.2, -0.15) is 0 Å². The van der Waals surface area contributed by atoms with Crippen molar-refractivity contribution < 1.29 is 32.9 Å². The molecule has 8 nitrogen and oxygen atoms in total. The van der Waals surface area contributed by atoms with Crippen LogP contribution < -0.4 is 10.2 Å². The number of amides is 1. The van der Waals surface area contributed by atoms with Crippen LogP contribution in [0.25, 0.3) is 0 Å². The smallest absolute Gasteiger partial charge is 0.268 e. The average Bonchev–Trinajstić information content (AvgIpc) is 3.25. The van der Waals surface area contributed by atoms with E-state index in [9.17, 15) is 19.4 Å². The summed E-state index contributed by atoms with van der Waals surface area (Å²) in [4.78, 5) is 25.4. The first-order chi connectivity index (χ1) is 31.0. The molecule has 0 aromatic carbocycles. The number of allylic oxidation sites excluding steroid dienone is 9. The highest BCUT2D eigenvalue weighted by Gasteiger charge is 2.23. The molecule has 1 amide bonds. The van der Waals surface area contributed by atoms with Crippen LogP contribution in [0.2, 0.25) is 0 Å². The van der Waals surface area contributed by atoms with Crippen LogP contribution in [0.4, 0.5) is 0 Å². The van der Waals surface area contributed by atoms with Crippen LogP contribution in [0.5, 0.6) is 0 Å². The van der Waals surface area contributed by atoms with Gasteiger partial charge in [0.05, 0.1) is 39.9 Å². The van der Waals surface area contributed by atoms with E-state index in [-0.39, 0.29) is 12.5 Å². The van der Waals surface area contributed by atoms with Gasteiger partial charge in [0.15, 0.2) is 0 Å². The van der Waals surface area contributed by atoms with Gasteiger partial charge in [0.2, 0.25) is 5.91 Å². The number of nitrogens with one attached hydrogen (secondary N) is 1. The number of rotatable bonds is 48. The summed E-state index contributed by atoms with van der Waals surface area (Å²) in [5.41, 5.74) is 0. The van der Waals surface area contributed by atoms with Crippen LogP contribution >= 0.6 is 7.82 Å². The molecule has 3 atom stereocenters. The van der Waals surface area contributed by atoms with E-state index in [1.54, 1.807) is 6.08 Å². The molecule has 0 bridgehead atoms. The number of carbonyl (C=O) groups is 1. The van der Waals surface area contributed by atoms with Crippen LogP contribution in [0.1, 0.15) is 232 Å². The molecule has 0 saturated heterocycles. The molecule has 0 spiro atoms. The third kappa shape index (κ3) is 48.1. The average molecular weight is 919 g/mol. The van der Waals surface area contributed by atoms with Crippen molar-refractivity contribution in [3.05, 3.63) is 60.8 Å². The van der Waals surface area contributed by atoms with Gasteiger partial charge < -0.3 is 28.8 Å². The molecular weight excluding hydrogens is 816 g/mol. The Balaban J connectivity index is 4.37. The Hall–Kier alpha value is -1.80. The molecular formula is C55H103N2O6P. The first-order valence-electron chi connectivity index (χ1n) is 26.7. The highest BCUT2D eigenvalue weighted by atomic mass is 31.2. The van der Waals surface area contributed by atoms with E-state index in [2.05, 4.69) is 67.8 Å². The summed E-state index contributed by atoms with van der Waals surface area (Å²) < 4.78 is 23.3. The molecule has 0 aliphatic rings. The zero-order chi connectivity index (χ0) is 47.1. The van der Waals surface area contributed by atoms with Gasteiger partial charge in [-0.1, -0.05) is 209 Å². The van der Waals surface area contributed by atoms with Crippen LogP contribution in [0, 0.1) is 0 Å². The normalized spacial score (nSPS) is 14.5. The summed E-state index contributed by atoms with van der Waals surface area (Å²) in [7, 11) is 1.23. The summed E-state index contributed by atoms with van der Waals surface area (Å²) in [6.45, 7) is 4.60. The zero-order valence-electron chi connectivity index (χ0n) is 42.5. The number of aliphatic hydroxyl groups excluding tert-OH is 1. The first kappa shape index (κ1) is 62.2. The Morgan fingerprint density at radius 3 is 1.39 bits per heavy atom. The molecule has 0 heterocycles. The molecule has 0 aromatic heterocycles. The number of phosphoric acid groups is 1. The fourth-order valence-electron chi connectivity index (χ4n) is 7.45. The number of quaternary nitrogens is 1. The van der Waals surface area contributed by atoms with E-state index in [1.807, 2.05) is 27.2 Å². The number of carbonyl (C=O) groups excluding carboxylic acids is 1. The number of phosphoric ester groups is 1. The maximum absolute atomic E-state index is 12.9. The Kier molecular flexibility index (Phi) is 45.0. The molecule has 0 aliphatic carbocycles. The van der Waals surface area contributed by atoms with Crippen molar-refractivity contribution in [2.24, 2.45) is 0 Å². The van der Waals surface area contributed by atoms with Crippen LogP contribution in [-0.2, 0) is 18.4 Å². The van der Waals surface area contributed by atoms with Gasteiger partial charge in [-0.05, 0) is 77.0 Å². The number of hydrogen-bond donors (Lipinski definition) is 2. The lowest BCUT2D eigenvalue weighted by molar-refractivity contribution is -0.870. The maximum Gasteiger partial charge on any atom is 0.268 e. The van der Waals surface area contributed by atoms with Crippen molar-refractivity contribution in [3.8, 4) is 0 Å². The second-order valence-electron chi connectivity index (χ2n) is 19.2. The van der Waals surface area contributed by atoms with E-state index in [1.165, 1.54) is 161 Å². The lowest BCUT2D eigenvalue weighted by Gasteiger charge is -2.29. The minimum Gasteiger partial charge on any atom is -0.756 e. The molecule has 0 radical (unpaired) electrons. The molecule has 3 unspecified atom stereocenters. The molecule has 0 aromatic rings. The standard InChI is InChI=1S/C55H103N2O6P/c1-6-8-10-12-14-16-18-20-22-24-26-27-28-29-31-32-34-36-38-40-42-44-46-48-54(58)53(52-63-64(60,61)62-51-50-57(3,4)5)56-55(59)49-47-45-43-41-39-37-35-33-30-25-23-21-19-17-15-13-11-9-7-2/h15,17,21,23,31-32,38,40,46,48,53-54,58H,6-14,16,18-20,22,24-30,33-37,39,41-45,47,49-52H2,1-5H3,(H-,56,59,60,61)/b17-15-,23-21-,32-31+,40-38+,48-46+. The summed E-state index contributed by atoms with van der Waals surface area (Å²) in [6, 6.07) is -0.914. The van der Waals surface area contributed by atoms with Crippen LogP contribution in [0.15, 0.2) is 60.8 Å². The molecule has 9 heteroatoms.